The molecule has 0 aromatic carbocycles. The van der Waals surface area contributed by atoms with Gasteiger partial charge in [-0.3, -0.25) is 0 Å². The van der Waals surface area contributed by atoms with Crippen molar-refractivity contribution in [3.8, 4) is 0 Å². The minimum absolute atomic E-state index is 0.586. The summed E-state index contributed by atoms with van der Waals surface area (Å²) in [5.41, 5.74) is 0. The van der Waals surface area contributed by atoms with Crippen molar-refractivity contribution in [2.75, 3.05) is 25.0 Å². The molecule has 1 aromatic rings. The van der Waals surface area contributed by atoms with Gasteiger partial charge in [-0.15, -0.1) is 11.3 Å². The SMILES string of the molecule is Clc1csc(NCC2CCNCC2)n1. The van der Waals surface area contributed by atoms with E-state index < -0.39 is 0 Å². The first-order valence-electron chi connectivity index (χ1n) is 4.90. The van der Waals surface area contributed by atoms with Crippen LogP contribution in [0.15, 0.2) is 5.38 Å². The second-order valence-corrected chi connectivity index (χ2v) is 4.80. The third-order valence-electron chi connectivity index (χ3n) is 2.48. The van der Waals surface area contributed by atoms with E-state index in [0.29, 0.717) is 5.15 Å². The van der Waals surface area contributed by atoms with E-state index in [2.05, 4.69) is 15.6 Å². The Bertz CT molecular complexity index is 283. The lowest BCUT2D eigenvalue weighted by Crippen LogP contribution is -2.31. The van der Waals surface area contributed by atoms with E-state index in [-0.39, 0.29) is 0 Å². The van der Waals surface area contributed by atoms with Crippen molar-refractivity contribution in [1.29, 1.82) is 0 Å². The standard InChI is InChI=1S/C9H14ClN3S/c10-8-6-14-9(13-8)12-5-7-1-3-11-4-2-7/h6-7,11H,1-5H2,(H,12,13). The van der Waals surface area contributed by atoms with Crippen LogP contribution in [-0.4, -0.2) is 24.6 Å². The van der Waals surface area contributed by atoms with Crippen molar-refractivity contribution >= 4 is 28.1 Å². The lowest BCUT2D eigenvalue weighted by molar-refractivity contribution is 0.390. The Labute approximate surface area is 92.9 Å². The van der Waals surface area contributed by atoms with E-state index in [1.54, 1.807) is 11.3 Å². The van der Waals surface area contributed by atoms with Gasteiger partial charge in [0.25, 0.3) is 0 Å². The molecular formula is C9H14ClN3S. The van der Waals surface area contributed by atoms with Gasteiger partial charge in [-0.05, 0) is 31.8 Å². The minimum Gasteiger partial charge on any atom is -0.361 e. The van der Waals surface area contributed by atoms with Gasteiger partial charge in [-0.2, -0.15) is 0 Å². The molecule has 1 aliphatic rings. The summed E-state index contributed by atoms with van der Waals surface area (Å²) in [6, 6.07) is 0. The molecular weight excluding hydrogens is 218 g/mol. The fourth-order valence-corrected chi connectivity index (χ4v) is 2.50. The average molecular weight is 232 g/mol. The van der Waals surface area contributed by atoms with Gasteiger partial charge in [0.1, 0.15) is 5.15 Å². The highest BCUT2D eigenvalue weighted by Gasteiger charge is 2.12. The molecule has 14 heavy (non-hydrogen) atoms. The minimum atomic E-state index is 0.586. The molecule has 0 atom stereocenters. The zero-order valence-electron chi connectivity index (χ0n) is 7.92. The highest BCUT2D eigenvalue weighted by atomic mass is 35.5. The lowest BCUT2D eigenvalue weighted by Gasteiger charge is -2.22. The number of hydrogen-bond acceptors (Lipinski definition) is 4. The molecule has 0 radical (unpaired) electrons. The molecule has 0 aliphatic carbocycles. The summed E-state index contributed by atoms with van der Waals surface area (Å²) in [5, 5.41) is 10.1. The number of halogens is 1. The molecule has 2 N–H and O–H groups in total. The number of nitrogens with one attached hydrogen (secondary N) is 2. The first-order valence-corrected chi connectivity index (χ1v) is 6.16. The Morgan fingerprint density at radius 1 is 1.57 bits per heavy atom. The molecule has 1 aliphatic heterocycles. The fraction of sp³-hybridized carbons (Fsp3) is 0.667. The van der Waals surface area contributed by atoms with Gasteiger partial charge in [0, 0.05) is 11.9 Å². The Balaban J connectivity index is 1.76. The largest absolute Gasteiger partial charge is 0.361 e. The van der Waals surface area contributed by atoms with Crippen LogP contribution >= 0.6 is 22.9 Å². The number of anilines is 1. The molecule has 1 saturated heterocycles. The number of thiazole rings is 1. The van der Waals surface area contributed by atoms with E-state index in [0.717, 1.165) is 30.7 Å². The van der Waals surface area contributed by atoms with E-state index in [4.69, 9.17) is 11.6 Å². The molecule has 2 rings (SSSR count). The quantitative estimate of drug-likeness (QED) is 0.838. The molecule has 2 heterocycles. The summed E-state index contributed by atoms with van der Waals surface area (Å²) in [5.74, 6) is 0.777. The number of hydrogen-bond donors (Lipinski definition) is 2. The van der Waals surface area contributed by atoms with Crippen LogP contribution < -0.4 is 10.6 Å². The van der Waals surface area contributed by atoms with Crippen molar-refractivity contribution in [3.63, 3.8) is 0 Å². The Morgan fingerprint density at radius 3 is 3.00 bits per heavy atom. The lowest BCUT2D eigenvalue weighted by atomic mass is 9.98. The van der Waals surface area contributed by atoms with Crippen LogP contribution in [0.25, 0.3) is 0 Å². The van der Waals surface area contributed by atoms with Gasteiger partial charge in [-0.25, -0.2) is 4.98 Å². The maximum atomic E-state index is 5.73. The van der Waals surface area contributed by atoms with Crippen molar-refractivity contribution in [2.45, 2.75) is 12.8 Å². The van der Waals surface area contributed by atoms with Crippen LogP contribution in [0.2, 0.25) is 5.15 Å². The molecule has 1 fully saturated rings. The van der Waals surface area contributed by atoms with Gasteiger partial charge >= 0.3 is 0 Å². The molecule has 0 spiro atoms. The first kappa shape index (κ1) is 10.2. The van der Waals surface area contributed by atoms with Crippen LogP contribution in [0.1, 0.15) is 12.8 Å². The third-order valence-corrected chi connectivity index (χ3v) is 3.60. The topological polar surface area (TPSA) is 37.0 Å². The predicted molar refractivity (Wildman–Crippen MR) is 61.2 cm³/mol. The Kier molecular flexibility index (Phi) is 3.61. The molecule has 0 bridgehead atoms. The van der Waals surface area contributed by atoms with Gasteiger partial charge in [0.15, 0.2) is 5.13 Å². The summed E-state index contributed by atoms with van der Waals surface area (Å²) in [6.07, 6.45) is 2.51. The second-order valence-electron chi connectivity index (χ2n) is 3.55. The summed E-state index contributed by atoms with van der Waals surface area (Å²) >= 11 is 7.30. The Morgan fingerprint density at radius 2 is 2.36 bits per heavy atom. The zero-order valence-corrected chi connectivity index (χ0v) is 9.50. The van der Waals surface area contributed by atoms with Crippen molar-refractivity contribution in [3.05, 3.63) is 10.5 Å². The summed E-state index contributed by atoms with van der Waals surface area (Å²) in [7, 11) is 0. The van der Waals surface area contributed by atoms with E-state index in [9.17, 15) is 0 Å². The smallest absolute Gasteiger partial charge is 0.184 e. The molecule has 0 amide bonds. The number of rotatable bonds is 3. The summed E-state index contributed by atoms with van der Waals surface area (Å²) < 4.78 is 0. The van der Waals surface area contributed by atoms with Gasteiger partial charge in [0.05, 0.1) is 0 Å². The van der Waals surface area contributed by atoms with Crippen LogP contribution in [-0.2, 0) is 0 Å². The average Bonchev–Trinajstić information content (AvgIpc) is 2.63. The van der Waals surface area contributed by atoms with Crippen LogP contribution in [0, 0.1) is 5.92 Å². The molecule has 78 valence electrons. The van der Waals surface area contributed by atoms with Crippen molar-refractivity contribution < 1.29 is 0 Å². The number of aromatic nitrogens is 1. The zero-order chi connectivity index (χ0) is 9.80. The molecule has 3 nitrogen and oxygen atoms in total. The van der Waals surface area contributed by atoms with Crippen LogP contribution in [0.4, 0.5) is 5.13 Å². The normalized spacial score (nSPS) is 18.4. The fourth-order valence-electron chi connectivity index (χ4n) is 1.65. The highest BCUT2D eigenvalue weighted by Crippen LogP contribution is 2.20. The van der Waals surface area contributed by atoms with Crippen molar-refractivity contribution in [1.82, 2.24) is 10.3 Å². The number of nitrogens with zero attached hydrogens (tertiary/aromatic N) is 1. The maximum Gasteiger partial charge on any atom is 0.184 e. The third kappa shape index (κ3) is 2.83. The first-order chi connectivity index (χ1) is 6.84. The molecule has 0 unspecified atom stereocenters. The molecule has 0 saturated carbocycles. The molecule has 1 aromatic heterocycles. The monoisotopic (exact) mass is 231 g/mol. The second kappa shape index (κ2) is 4.96. The maximum absolute atomic E-state index is 5.73. The summed E-state index contributed by atoms with van der Waals surface area (Å²) in [6.45, 7) is 3.31. The van der Waals surface area contributed by atoms with Gasteiger partial charge in [-0.1, -0.05) is 11.6 Å². The predicted octanol–water partition coefficient (Wildman–Crippen LogP) is 2.21. The van der Waals surface area contributed by atoms with Gasteiger partial charge < -0.3 is 10.6 Å². The summed E-state index contributed by atoms with van der Waals surface area (Å²) in [4.78, 5) is 4.15. The van der Waals surface area contributed by atoms with Crippen LogP contribution in [0.3, 0.4) is 0 Å². The van der Waals surface area contributed by atoms with Gasteiger partial charge in [0.2, 0.25) is 0 Å². The van der Waals surface area contributed by atoms with E-state index >= 15 is 0 Å². The Hall–Kier alpha value is -0.320. The highest BCUT2D eigenvalue weighted by molar-refractivity contribution is 7.14. The van der Waals surface area contributed by atoms with Crippen molar-refractivity contribution in [2.24, 2.45) is 5.92 Å². The van der Waals surface area contributed by atoms with E-state index in [1.165, 1.54) is 12.8 Å². The molecule has 5 heteroatoms. The van der Waals surface area contributed by atoms with E-state index in [1.807, 2.05) is 5.38 Å². The number of piperidine rings is 1. The van der Waals surface area contributed by atoms with Crippen LogP contribution in [0.5, 0.6) is 0 Å².